The van der Waals surface area contributed by atoms with Crippen LogP contribution in [0.5, 0.6) is 0 Å². The largest absolute Gasteiger partial charge is 0.388 e. The monoisotopic (exact) mass is 182 g/mol. The summed E-state index contributed by atoms with van der Waals surface area (Å²) in [5.74, 6) is 0. The lowest BCUT2D eigenvalue weighted by Gasteiger charge is -2.16. The first-order valence-electron chi connectivity index (χ1n) is 3.45. The van der Waals surface area contributed by atoms with Crippen LogP contribution in [0.2, 0.25) is 0 Å². The van der Waals surface area contributed by atoms with E-state index in [-0.39, 0.29) is 13.2 Å². The Morgan fingerprint density at radius 1 is 0.833 bits per heavy atom. The van der Waals surface area contributed by atoms with Gasteiger partial charge in [0.15, 0.2) is 0 Å². The highest BCUT2D eigenvalue weighted by molar-refractivity contribution is 4.64. The van der Waals surface area contributed by atoms with E-state index in [0.29, 0.717) is 0 Å². The summed E-state index contributed by atoms with van der Waals surface area (Å²) in [6.45, 7) is -1.37. The average molecular weight is 182 g/mol. The van der Waals surface area contributed by atoms with E-state index in [1.807, 2.05) is 0 Å². The minimum atomic E-state index is -1.12. The quantitative estimate of drug-likeness (QED) is 0.329. The summed E-state index contributed by atoms with van der Waals surface area (Å²) < 4.78 is 8.85. The zero-order valence-corrected chi connectivity index (χ0v) is 6.59. The zero-order chi connectivity index (χ0) is 9.40. The van der Waals surface area contributed by atoms with Crippen LogP contribution in [0.4, 0.5) is 0 Å². The molecule has 0 aromatic heterocycles. The summed E-state index contributed by atoms with van der Waals surface area (Å²) in [5, 5.41) is 34.4. The predicted octanol–water partition coefficient (Wildman–Crippen LogP) is -2.36. The van der Waals surface area contributed by atoms with Crippen molar-refractivity contribution >= 4 is 0 Å². The summed E-state index contributed by atoms with van der Waals surface area (Å²) in [5.41, 5.74) is 0. The smallest absolute Gasteiger partial charge is 0.143 e. The third-order valence-corrected chi connectivity index (χ3v) is 1.20. The van der Waals surface area contributed by atoms with Gasteiger partial charge in [0.05, 0.1) is 13.2 Å². The van der Waals surface area contributed by atoms with Gasteiger partial charge in [-0.1, -0.05) is 0 Å². The molecule has 0 saturated heterocycles. The normalized spacial score (nSPS) is 16.0. The van der Waals surface area contributed by atoms with Gasteiger partial charge < -0.3 is 29.9 Å². The van der Waals surface area contributed by atoms with Gasteiger partial charge in [-0.15, -0.1) is 0 Å². The molecule has 0 radical (unpaired) electrons. The number of rotatable bonds is 7. The molecule has 0 rings (SSSR count). The molecule has 12 heavy (non-hydrogen) atoms. The molecule has 0 bridgehead atoms. The second-order valence-electron chi connectivity index (χ2n) is 2.13. The summed E-state index contributed by atoms with van der Waals surface area (Å²) in [6, 6.07) is 0. The molecule has 0 saturated carbocycles. The Labute approximate surface area is 70.0 Å². The molecular weight excluding hydrogens is 168 g/mol. The number of hydrogen-bond donors (Lipinski definition) is 4. The lowest BCUT2D eigenvalue weighted by atomic mass is 10.2. The number of aliphatic hydroxyl groups excluding tert-OH is 4. The average Bonchev–Trinajstić information content (AvgIpc) is 2.10. The summed E-state index contributed by atoms with van der Waals surface area (Å²) in [6.07, 6.45) is -2.24. The molecule has 2 unspecified atom stereocenters. The summed E-state index contributed by atoms with van der Waals surface area (Å²) in [7, 11) is 0. The van der Waals surface area contributed by atoms with Gasteiger partial charge in [0.25, 0.3) is 0 Å². The molecule has 0 amide bonds. The van der Waals surface area contributed by atoms with Gasteiger partial charge in [-0.2, -0.15) is 0 Å². The Bertz CT molecular complexity index is 86.0. The maximum atomic E-state index is 9.03. The Morgan fingerprint density at radius 2 is 1.17 bits per heavy atom. The van der Waals surface area contributed by atoms with Crippen molar-refractivity contribution in [3.8, 4) is 0 Å². The van der Waals surface area contributed by atoms with Crippen molar-refractivity contribution in [3.05, 3.63) is 0 Å². The molecule has 4 N–H and O–H groups in total. The fourth-order valence-corrected chi connectivity index (χ4v) is 0.569. The fraction of sp³-hybridized carbons (Fsp3) is 1.00. The van der Waals surface area contributed by atoms with Gasteiger partial charge in [0, 0.05) is 0 Å². The van der Waals surface area contributed by atoms with Crippen LogP contribution in [0.15, 0.2) is 0 Å². The lowest BCUT2D eigenvalue weighted by molar-refractivity contribution is -0.110. The highest BCUT2D eigenvalue weighted by Gasteiger charge is 2.15. The topological polar surface area (TPSA) is 99.4 Å². The maximum Gasteiger partial charge on any atom is 0.143 e. The Kier molecular flexibility index (Phi) is 7.26. The second kappa shape index (κ2) is 7.41. The van der Waals surface area contributed by atoms with Gasteiger partial charge in [0.1, 0.15) is 25.8 Å². The Morgan fingerprint density at radius 3 is 1.42 bits per heavy atom. The van der Waals surface area contributed by atoms with Gasteiger partial charge in [-0.3, -0.25) is 0 Å². The van der Waals surface area contributed by atoms with E-state index in [0.717, 1.165) is 0 Å². The van der Waals surface area contributed by atoms with Crippen LogP contribution >= 0.6 is 0 Å². The van der Waals surface area contributed by atoms with E-state index >= 15 is 0 Å². The number of aliphatic hydroxyl groups is 4. The molecule has 0 aliphatic carbocycles. The molecule has 0 aliphatic heterocycles. The Balaban J connectivity index is 3.39. The van der Waals surface area contributed by atoms with Crippen molar-refractivity contribution in [1.82, 2.24) is 0 Å². The third kappa shape index (κ3) is 5.42. The van der Waals surface area contributed by atoms with Crippen molar-refractivity contribution in [3.63, 3.8) is 0 Å². The van der Waals surface area contributed by atoms with E-state index in [1.165, 1.54) is 0 Å². The summed E-state index contributed by atoms with van der Waals surface area (Å²) in [4.78, 5) is 0. The number of hydrogen-bond acceptors (Lipinski definition) is 6. The zero-order valence-electron chi connectivity index (χ0n) is 6.59. The third-order valence-electron chi connectivity index (χ3n) is 1.20. The molecule has 6 heteroatoms. The fourth-order valence-electron chi connectivity index (χ4n) is 0.569. The first-order chi connectivity index (χ1) is 5.72. The molecule has 74 valence electrons. The van der Waals surface area contributed by atoms with Crippen LogP contribution < -0.4 is 0 Å². The van der Waals surface area contributed by atoms with Crippen LogP contribution in [0.1, 0.15) is 0 Å². The molecular formula is C6H14O6. The minimum Gasteiger partial charge on any atom is -0.388 e. The molecule has 0 aromatic carbocycles. The predicted molar refractivity (Wildman–Crippen MR) is 38.1 cm³/mol. The van der Waals surface area contributed by atoms with Crippen molar-refractivity contribution < 1.29 is 29.9 Å². The lowest BCUT2D eigenvalue weighted by Crippen LogP contribution is -2.34. The van der Waals surface area contributed by atoms with Crippen LogP contribution in [0.25, 0.3) is 0 Å². The van der Waals surface area contributed by atoms with Crippen LogP contribution in [-0.2, 0) is 9.47 Å². The van der Waals surface area contributed by atoms with Gasteiger partial charge >= 0.3 is 0 Å². The summed E-state index contributed by atoms with van der Waals surface area (Å²) >= 11 is 0. The molecule has 0 heterocycles. The first-order valence-corrected chi connectivity index (χ1v) is 3.45. The minimum absolute atomic E-state index is 0.174. The Hall–Kier alpha value is -0.240. The molecule has 0 spiro atoms. The SMILES string of the molecule is OCOCC(O)C(O)COCO. The van der Waals surface area contributed by atoms with Crippen molar-refractivity contribution in [2.45, 2.75) is 12.2 Å². The molecule has 6 nitrogen and oxygen atoms in total. The van der Waals surface area contributed by atoms with Gasteiger partial charge in [0.2, 0.25) is 0 Å². The molecule has 0 aromatic rings. The maximum absolute atomic E-state index is 9.03. The standard InChI is InChI=1S/C6H14O6/c7-3-11-1-5(9)6(10)2-12-4-8/h5-10H,1-4H2. The van der Waals surface area contributed by atoms with Crippen molar-refractivity contribution in [2.75, 3.05) is 26.8 Å². The molecule has 0 fully saturated rings. The highest BCUT2D eigenvalue weighted by atomic mass is 16.6. The van der Waals surface area contributed by atoms with Crippen LogP contribution in [0, 0.1) is 0 Å². The highest BCUT2D eigenvalue weighted by Crippen LogP contribution is 1.95. The van der Waals surface area contributed by atoms with E-state index in [2.05, 4.69) is 9.47 Å². The van der Waals surface area contributed by atoms with Gasteiger partial charge in [-0.25, -0.2) is 0 Å². The van der Waals surface area contributed by atoms with E-state index < -0.39 is 25.8 Å². The molecule has 0 aliphatic rings. The van der Waals surface area contributed by atoms with Crippen LogP contribution in [0.3, 0.4) is 0 Å². The van der Waals surface area contributed by atoms with Crippen molar-refractivity contribution in [1.29, 1.82) is 0 Å². The second-order valence-corrected chi connectivity index (χ2v) is 2.13. The van der Waals surface area contributed by atoms with Crippen molar-refractivity contribution in [2.24, 2.45) is 0 Å². The number of ether oxygens (including phenoxy) is 2. The van der Waals surface area contributed by atoms with E-state index in [4.69, 9.17) is 20.4 Å². The first kappa shape index (κ1) is 11.8. The van der Waals surface area contributed by atoms with E-state index in [1.54, 1.807) is 0 Å². The van der Waals surface area contributed by atoms with E-state index in [9.17, 15) is 0 Å². The van der Waals surface area contributed by atoms with Gasteiger partial charge in [-0.05, 0) is 0 Å². The van der Waals surface area contributed by atoms with Crippen LogP contribution in [-0.4, -0.2) is 59.4 Å². The molecule has 2 atom stereocenters.